The lowest BCUT2D eigenvalue weighted by Crippen LogP contribution is -2.27. The van der Waals surface area contributed by atoms with Crippen molar-refractivity contribution in [3.8, 4) is 6.07 Å². The van der Waals surface area contributed by atoms with Crippen LogP contribution in [0.15, 0.2) is 23.1 Å². The Morgan fingerprint density at radius 2 is 2.16 bits per heavy atom. The van der Waals surface area contributed by atoms with Gasteiger partial charge in [0.05, 0.1) is 28.8 Å². The molecule has 0 radical (unpaired) electrons. The van der Waals surface area contributed by atoms with Crippen LogP contribution in [0, 0.1) is 11.3 Å². The molecular weight excluding hydrogens is 262 g/mol. The summed E-state index contributed by atoms with van der Waals surface area (Å²) in [7, 11) is -3.24. The monoisotopic (exact) mass is 279 g/mol. The predicted octanol–water partition coefficient (Wildman–Crippen LogP) is 1.55. The Balaban J connectivity index is 2.31. The van der Waals surface area contributed by atoms with E-state index in [1.165, 1.54) is 6.07 Å². The van der Waals surface area contributed by atoms with E-state index in [9.17, 15) is 8.42 Å². The standard InChI is InChI=1S/C13H17N3O2S/c1-19(17,18)11-5-6-13(12(15)9-11)16(8-2-7-14)10-3-4-10/h5-6,9-10H,2-4,8,15H2,1H3. The summed E-state index contributed by atoms with van der Waals surface area (Å²) in [5.74, 6) is 0. The van der Waals surface area contributed by atoms with Crippen molar-refractivity contribution in [1.82, 2.24) is 0 Å². The molecular formula is C13H17N3O2S. The molecule has 0 unspecified atom stereocenters. The van der Waals surface area contributed by atoms with E-state index < -0.39 is 9.84 Å². The van der Waals surface area contributed by atoms with Crippen molar-refractivity contribution in [3.05, 3.63) is 18.2 Å². The van der Waals surface area contributed by atoms with E-state index in [0.29, 0.717) is 24.7 Å². The summed E-state index contributed by atoms with van der Waals surface area (Å²) in [4.78, 5) is 2.33. The maximum atomic E-state index is 11.5. The second-order valence-electron chi connectivity index (χ2n) is 4.83. The molecule has 1 aliphatic carbocycles. The highest BCUT2D eigenvalue weighted by molar-refractivity contribution is 7.90. The highest BCUT2D eigenvalue weighted by atomic mass is 32.2. The fraction of sp³-hybridized carbons (Fsp3) is 0.462. The zero-order chi connectivity index (χ0) is 14.0. The van der Waals surface area contributed by atoms with Gasteiger partial charge in [-0.3, -0.25) is 0 Å². The molecule has 0 heterocycles. The second-order valence-corrected chi connectivity index (χ2v) is 6.84. The molecule has 1 aromatic carbocycles. The quantitative estimate of drug-likeness (QED) is 0.826. The van der Waals surface area contributed by atoms with E-state index in [0.717, 1.165) is 24.8 Å². The zero-order valence-electron chi connectivity index (χ0n) is 10.8. The fourth-order valence-corrected chi connectivity index (χ4v) is 2.74. The van der Waals surface area contributed by atoms with E-state index in [1.807, 2.05) is 0 Å². The molecule has 5 nitrogen and oxygen atoms in total. The van der Waals surface area contributed by atoms with Gasteiger partial charge >= 0.3 is 0 Å². The van der Waals surface area contributed by atoms with Crippen LogP contribution >= 0.6 is 0 Å². The minimum absolute atomic E-state index is 0.227. The Bertz CT molecular complexity index is 615. The highest BCUT2D eigenvalue weighted by Crippen LogP contribution is 2.35. The third kappa shape index (κ3) is 3.18. The largest absolute Gasteiger partial charge is 0.397 e. The van der Waals surface area contributed by atoms with Crippen molar-refractivity contribution in [2.45, 2.75) is 30.2 Å². The molecule has 0 spiro atoms. The SMILES string of the molecule is CS(=O)(=O)c1ccc(N(CCC#N)C2CC2)c(N)c1. The van der Waals surface area contributed by atoms with Crippen LogP contribution in [0.5, 0.6) is 0 Å². The van der Waals surface area contributed by atoms with Crippen LogP contribution in [0.25, 0.3) is 0 Å². The molecule has 6 heteroatoms. The zero-order valence-corrected chi connectivity index (χ0v) is 11.7. The summed E-state index contributed by atoms with van der Waals surface area (Å²) in [6.07, 6.45) is 3.79. The molecule has 0 atom stereocenters. The summed E-state index contributed by atoms with van der Waals surface area (Å²) in [6, 6.07) is 7.36. The number of nitrogens with zero attached hydrogens (tertiary/aromatic N) is 2. The number of rotatable bonds is 5. The van der Waals surface area contributed by atoms with Crippen molar-refractivity contribution in [2.24, 2.45) is 0 Å². The van der Waals surface area contributed by atoms with Gasteiger partial charge in [0, 0.05) is 18.8 Å². The molecule has 0 saturated heterocycles. The van der Waals surface area contributed by atoms with Crippen molar-refractivity contribution in [3.63, 3.8) is 0 Å². The minimum atomic E-state index is -3.24. The van der Waals surface area contributed by atoms with Crippen LogP contribution in [0.4, 0.5) is 11.4 Å². The molecule has 102 valence electrons. The van der Waals surface area contributed by atoms with E-state index in [4.69, 9.17) is 11.0 Å². The summed E-state index contributed by atoms with van der Waals surface area (Å²) in [6.45, 7) is 0.629. The lowest BCUT2D eigenvalue weighted by molar-refractivity contribution is 0.602. The van der Waals surface area contributed by atoms with Gasteiger partial charge in [-0.05, 0) is 31.0 Å². The Morgan fingerprint density at radius 1 is 1.47 bits per heavy atom. The first-order valence-electron chi connectivity index (χ1n) is 6.16. The average Bonchev–Trinajstić information content (AvgIpc) is 3.14. The number of hydrogen-bond donors (Lipinski definition) is 1. The van der Waals surface area contributed by atoms with Crippen LogP contribution in [-0.2, 0) is 9.84 Å². The summed E-state index contributed by atoms with van der Waals surface area (Å²) < 4.78 is 22.9. The minimum Gasteiger partial charge on any atom is -0.397 e. The van der Waals surface area contributed by atoms with E-state index in [-0.39, 0.29) is 4.90 Å². The van der Waals surface area contributed by atoms with Gasteiger partial charge in [0.15, 0.2) is 9.84 Å². The van der Waals surface area contributed by atoms with Crippen LogP contribution in [0.3, 0.4) is 0 Å². The number of hydrogen-bond acceptors (Lipinski definition) is 5. The average molecular weight is 279 g/mol. The van der Waals surface area contributed by atoms with Gasteiger partial charge in [-0.25, -0.2) is 8.42 Å². The first kappa shape index (κ1) is 13.7. The smallest absolute Gasteiger partial charge is 0.175 e. The molecule has 1 saturated carbocycles. The predicted molar refractivity (Wildman–Crippen MR) is 74.6 cm³/mol. The number of nitriles is 1. The van der Waals surface area contributed by atoms with Crippen molar-refractivity contribution in [2.75, 3.05) is 23.4 Å². The van der Waals surface area contributed by atoms with Crippen LogP contribution in [0.2, 0.25) is 0 Å². The third-order valence-electron chi connectivity index (χ3n) is 3.19. The molecule has 0 aliphatic heterocycles. The van der Waals surface area contributed by atoms with Gasteiger partial charge in [-0.1, -0.05) is 0 Å². The lowest BCUT2D eigenvalue weighted by atomic mass is 10.2. The first-order chi connectivity index (χ1) is 8.93. The molecule has 0 aromatic heterocycles. The molecule has 0 bridgehead atoms. The number of sulfone groups is 1. The molecule has 19 heavy (non-hydrogen) atoms. The van der Waals surface area contributed by atoms with Crippen LogP contribution < -0.4 is 10.6 Å². The second kappa shape index (κ2) is 5.10. The summed E-state index contributed by atoms with van der Waals surface area (Å²) >= 11 is 0. The van der Waals surface area contributed by atoms with Crippen molar-refractivity contribution < 1.29 is 8.42 Å². The number of benzene rings is 1. The van der Waals surface area contributed by atoms with Crippen molar-refractivity contribution >= 4 is 21.2 Å². The van der Waals surface area contributed by atoms with Gasteiger partial charge in [0.2, 0.25) is 0 Å². The molecule has 1 fully saturated rings. The molecule has 1 aliphatic rings. The fourth-order valence-electron chi connectivity index (χ4n) is 2.08. The molecule has 2 N–H and O–H groups in total. The number of anilines is 2. The maximum absolute atomic E-state index is 11.5. The van der Waals surface area contributed by atoms with Gasteiger partial charge in [-0.2, -0.15) is 5.26 Å². The molecule has 1 aromatic rings. The van der Waals surface area contributed by atoms with E-state index in [2.05, 4.69) is 11.0 Å². The summed E-state index contributed by atoms with van der Waals surface area (Å²) in [5, 5.41) is 8.70. The van der Waals surface area contributed by atoms with Crippen molar-refractivity contribution in [1.29, 1.82) is 5.26 Å². The van der Waals surface area contributed by atoms with Gasteiger partial charge in [0.1, 0.15) is 0 Å². The van der Waals surface area contributed by atoms with E-state index in [1.54, 1.807) is 12.1 Å². The normalized spacial score (nSPS) is 14.9. The van der Waals surface area contributed by atoms with Gasteiger partial charge in [0.25, 0.3) is 0 Å². The maximum Gasteiger partial charge on any atom is 0.175 e. The number of nitrogens with two attached hydrogens (primary N) is 1. The molecule has 0 amide bonds. The third-order valence-corrected chi connectivity index (χ3v) is 4.30. The Hall–Kier alpha value is -1.74. The van der Waals surface area contributed by atoms with Crippen LogP contribution in [-0.4, -0.2) is 27.3 Å². The molecule has 2 rings (SSSR count). The Labute approximate surface area is 113 Å². The first-order valence-corrected chi connectivity index (χ1v) is 8.06. The lowest BCUT2D eigenvalue weighted by Gasteiger charge is -2.25. The van der Waals surface area contributed by atoms with Gasteiger partial charge < -0.3 is 10.6 Å². The van der Waals surface area contributed by atoms with Crippen LogP contribution in [0.1, 0.15) is 19.3 Å². The highest BCUT2D eigenvalue weighted by Gasteiger charge is 2.30. The Morgan fingerprint density at radius 3 is 2.63 bits per heavy atom. The summed E-state index contributed by atoms with van der Waals surface area (Å²) in [5.41, 5.74) is 7.24. The topological polar surface area (TPSA) is 87.2 Å². The Kier molecular flexibility index (Phi) is 3.67. The van der Waals surface area contributed by atoms with E-state index >= 15 is 0 Å². The van der Waals surface area contributed by atoms with Gasteiger partial charge in [-0.15, -0.1) is 0 Å². The number of nitrogen functional groups attached to an aromatic ring is 1.